The van der Waals surface area contributed by atoms with E-state index in [4.69, 9.17) is 4.98 Å². The highest BCUT2D eigenvalue weighted by atomic mass is 32.1. The van der Waals surface area contributed by atoms with Crippen LogP contribution in [-0.4, -0.2) is 22.0 Å². The third-order valence-electron chi connectivity index (χ3n) is 3.03. The molecule has 0 bridgehead atoms. The zero-order chi connectivity index (χ0) is 13.9. The summed E-state index contributed by atoms with van der Waals surface area (Å²) in [5, 5.41) is 6.60. The molecule has 1 N–H and O–H groups in total. The molecule has 2 aromatic heterocycles. The van der Waals surface area contributed by atoms with E-state index in [0.29, 0.717) is 0 Å². The summed E-state index contributed by atoms with van der Waals surface area (Å²) in [6, 6.07) is 0.208. The Kier molecular flexibility index (Phi) is 4.27. The number of nitrogens with zero attached hydrogens (tertiary/aromatic N) is 3. The van der Waals surface area contributed by atoms with Crippen LogP contribution < -0.4 is 5.32 Å². The summed E-state index contributed by atoms with van der Waals surface area (Å²) in [5.41, 5.74) is 2.36. The Bertz CT molecular complexity index is 516. The largest absolute Gasteiger partial charge is 0.313 e. The van der Waals surface area contributed by atoms with Gasteiger partial charge in [-0.15, -0.1) is 11.3 Å². The van der Waals surface area contributed by atoms with Crippen molar-refractivity contribution in [3.8, 4) is 0 Å². The van der Waals surface area contributed by atoms with Crippen LogP contribution in [0.2, 0.25) is 0 Å². The predicted molar refractivity (Wildman–Crippen MR) is 78.4 cm³/mol. The van der Waals surface area contributed by atoms with Gasteiger partial charge in [0.2, 0.25) is 0 Å². The maximum atomic E-state index is 4.73. The number of thiazole rings is 1. The van der Waals surface area contributed by atoms with E-state index < -0.39 is 0 Å². The second kappa shape index (κ2) is 5.75. The van der Waals surface area contributed by atoms with Gasteiger partial charge in [-0.3, -0.25) is 0 Å². The minimum Gasteiger partial charge on any atom is -0.313 e. The molecule has 0 aromatic carbocycles. The van der Waals surface area contributed by atoms with Gasteiger partial charge in [-0.1, -0.05) is 20.8 Å². The molecule has 1 unspecified atom stereocenters. The van der Waals surface area contributed by atoms with Crippen molar-refractivity contribution < 1.29 is 0 Å². The van der Waals surface area contributed by atoms with Crippen molar-refractivity contribution in [3.05, 3.63) is 40.4 Å². The van der Waals surface area contributed by atoms with Gasteiger partial charge in [-0.2, -0.15) is 0 Å². The molecule has 2 aromatic rings. The lowest BCUT2D eigenvalue weighted by Gasteiger charge is -2.15. The van der Waals surface area contributed by atoms with Crippen molar-refractivity contribution in [1.82, 2.24) is 20.3 Å². The van der Waals surface area contributed by atoms with E-state index in [2.05, 4.69) is 41.4 Å². The third kappa shape index (κ3) is 3.58. The number of hydrogen-bond donors (Lipinski definition) is 1. The number of hydrogen-bond acceptors (Lipinski definition) is 5. The van der Waals surface area contributed by atoms with Crippen LogP contribution in [0.25, 0.3) is 0 Å². The summed E-state index contributed by atoms with van der Waals surface area (Å²) < 4.78 is 0. The zero-order valence-corrected chi connectivity index (χ0v) is 12.7. The zero-order valence-electron chi connectivity index (χ0n) is 11.8. The molecule has 2 heterocycles. The Morgan fingerprint density at radius 3 is 2.47 bits per heavy atom. The first kappa shape index (κ1) is 14.1. The topological polar surface area (TPSA) is 50.7 Å². The molecule has 19 heavy (non-hydrogen) atoms. The lowest BCUT2D eigenvalue weighted by atomic mass is 9.93. The van der Waals surface area contributed by atoms with Crippen LogP contribution in [-0.2, 0) is 11.8 Å². The first-order chi connectivity index (χ1) is 9.00. The average Bonchev–Trinajstić information content (AvgIpc) is 2.85. The molecule has 5 heteroatoms. The number of rotatable bonds is 4. The maximum Gasteiger partial charge on any atom is 0.115 e. The Balaban J connectivity index is 2.13. The summed E-state index contributed by atoms with van der Waals surface area (Å²) >= 11 is 1.72. The van der Waals surface area contributed by atoms with Crippen LogP contribution in [0.3, 0.4) is 0 Å². The molecule has 102 valence electrons. The molecule has 0 aliphatic carbocycles. The highest BCUT2D eigenvalue weighted by molar-refractivity contribution is 7.09. The van der Waals surface area contributed by atoms with E-state index in [-0.39, 0.29) is 11.5 Å². The Morgan fingerprint density at radius 2 is 1.95 bits per heavy atom. The first-order valence-corrected chi connectivity index (χ1v) is 7.25. The van der Waals surface area contributed by atoms with Crippen LogP contribution in [0.1, 0.15) is 43.1 Å². The SMILES string of the molecule is CNC(Cc1nc(C(C)(C)C)cs1)c1cncnc1. The van der Waals surface area contributed by atoms with Crippen molar-refractivity contribution in [2.24, 2.45) is 0 Å². The van der Waals surface area contributed by atoms with Crippen molar-refractivity contribution in [2.45, 2.75) is 38.6 Å². The van der Waals surface area contributed by atoms with Crippen LogP contribution in [0.15, 0.2) is 24.1 Å². The van der Waals surface area contributed by atoms with E-state index in [1.165, 1.54) is 0 Å². The smallest absolute Gasteiger partial charge is 0.115 e. The van der Waals surface area contributed by atoms with Gasteiger partial charge in [0.15, 0.2) is 0 Å². The molecule has 0 amide bonds. The van der Waals surface area contributed by atoms with E-state index >= 15 is 0 Å². The summed E-state index contributed by atoms with van der Waals surface area (Å²) in [6.45, 7) is 6.56. The molecule has 1 atom stereocenters. The Labute approximate surface area is 118 Å². The predicted octanol–water partition coefficient (Wildman–Crippen LogP) is 2.73. The Hall–Kier alpha value is -1.33. The lowest BCUT2D eigenvalue weighted by molar-refractivity contribution is 0.559. The molecule has 4 nitrogen and oxygen atoms in total. The van der Waals surface area contributed by atoms with Gasteiger partial charge in [0.05, 0.1) is 10.7 Å². The monoisotopic (exact) mass is 276 g/mol. The van der Waals surface area contributed by atoms with Crippen LogP contribution in [0.5, 0.6) is 0 Å². The first-order valence-electron chi connectivity index (χ1n) is 6.38. The van der Waals surface area contributed by atoms with Gasteiger partial charge in [-0.05, 0) is 7.05 Å². The summed E-state index contributed by atoms with van der Waals surface area (Å²) in [4.78, 5) is 12.9. The molecule has 2 rings (SSSR count). The second-order valence-corrected chi connectivity index (χ2v) is 6.54. The fourth-order valence-electron chi connectivity index (χ4n) is 1.80. The van der Waals surface area contributed by atoms with E-state index in [9.17, 15) is 0 Å². The molecule has 0 saturated carbocycles. The summed E-state index contributed by atoms with van der Waals surface area (Å²) in [6.07, 6.45) is 6.13. The van der Waals surface area contributed by atoms with Crippen LogP contribution in [0.4, 0.5) is 0 Å². The minimum absolute atomic E-state index is 0.111. The summed E-state index contributed by atoms with van der Waals surface area (Å²) in [7, 11) is 1.95. The maximum absolute atomic E-state index is 4.73. The molecule has 0 spiro atoms. The molecule has 0 aliphatic rings. The number of aromatic nitrogens is 3. The van der Waals surface area contributed by atoms with Gasteiger partial charge in [0.25, 0.3) is 0 Å². The average molecular weight is 276 g/mol. The molecule has 0 fully saturated rings. The molecular formula is C14H20N4S. The normalized spacial score (nSPS) is 13.5. The fourth-order valence-corrected chi connectivity index (χ4v) is 2.87. The Morgan fingerprint density at radius 1 is 1.26 bits per heavy atom. The van der Waals surface area contributed by atoms with Crippen LogP contribution >= 0.6 is 11.3 Å². The van der Waals surface area contributed by atoms with Crippen molar-refractivity contribution in [1.29, 1.82) is 0 Å². The van der Waals surface area contributed by atoms with Crippen molar-refractivity contribution in [3.63, 3.8) is 0 Å². The summed E-state index contributed by atoms with van der Waals surface area (Å²) in [5.74, 6) is 0. The quantitative estimate of drug-likeness (QED) is 0.933. The van der Waals surface area contributed by atoms with Gasteiger partial charge >= 0.3 is 0 Å². The number of likely N-dealkylation sites (N-methyl/N-ethyl adjacent to an activating group) is 1. The molecule has 0 saturated heterocycles. The standard InChI is InChI=1S/C14H20N4S/c1-14(2,3)12-8-19-13(18-12)5-11(15-4)10-6-16-9-17-7-10/h6-9,11,15H,5H2,1-4H3. The van der Waals surface area contributed by atoms with Crippen molar-refractivity contribution in [2.75, 3.05) is 7.05 Å². The molecule has 0 radical (unpaired) electrons. The van der Waals surface area contributed by atoms with Crippen molar-refractivity contribution >= 4 is 11.3 Å². The lowest BCUT2D eigenvalue weighted by Crippen LogP contribution is -2.19. The molecular weight excluding hydrogens is 256 g/mol. The van der Waals surface area contributed by atoms with Crippen LogP contribution in [0, 0.1) is 0 Å². The third-order valence-corrected chi connectivity index (χ3v) is 3.90. The fraction of sp³-hybridized carbons (Fsp3) is 0.500. The molecule has 0 aliphatic heterocycles. The second-order valence-electron chi connectivity index (χ2n) is 5.59. The van der Waals surface area contributed by atoms with Gasteiger partial charge in [0.1, 0.15) is 6.33 Å². The van der Waals surface area contributed by atoms with Gasteiger partial charge in [0, 0.05) is 41.2 Å². The van der Waals surface area contributed by atoms with E-state index in [0.717, 1.165) is 22.7 Å². The number of nitrogens with one attached hydrogen (secondary N) is 1. The van der Waals surface area contributed by atoms with Gasteiger partial charge < -0.3 is 5.32 Å². The minimum atomic E-state index is 0.111. The highest BCUT2D eigenvalue weighted by Crippen LogP contribution is 2.26. The van der Waals surface area contributed by atoms with E-state index in [1.54, 1.807) is 17.7 Å². The van der Waals surface area contributed by atoms with Gasteiger partial charge in [-0.25, -0.2) is 15.0 Å². The highest BCUT2D eigenvalue weighted by Gasteiger charge is 2.19. The van der Waals surface area contributed by atoms with E-state index in [1.807, 2.05) is 19.4 Å².